The second kappa shape index (κ2) is 5.67. The molecule has 1 aromatic carbocycles. The molecule has 1 aliphatic heterocycles. The van der Waals surface area contributed by atoms with Crippen molar-refractivity contribution in [3.63, 3.8) is 0 Å². The quantitative estimate of drug-likeness (QED) is 0.897. The van der Waals surface area contributed by atoms with Gasteiger partial charge in [-0.15, -0.1) is 0 Å². The van der Waals surface area contributed by atoms with Gasteiger partial charge in [-0.3, -0.25) is 0 Å². The summed E-state index contributed by atoms with van der Waals surface area (Å²) in [5, 5.41) is 0. The first kappa shape index (κ1) is 13.3. The molecular formula is C14H21FN2O. The van der Waals surface area contributed by atoms with E-state index in [2.05, 4.69) is 11.8 Å². The standard InChI is InChI=1S/C14H21FN2O/c1-3-12-9-18-10(2)8-17(12)14-11(7-16)5-4-6-13(14)15/h4-6,10,12H,3,7-9,16H2,1-2H3. The lowest BCUT2D eigenvalue weighted by Gasteiger charge is -2.41. The number of nitrogens with zero attached hydrogens (tertiary/aromatic N) is 1. The van der Waals surface area contributed by atoms with Gasteiger partial charge < -0.3 is 15.4 Å². The van der Waals surface area contributed by atoms with Gasteiger partial charge in [-0.25, -0.2) is 4.39 Å². The minimum Gasteiger partial charge on any atom is -0.375 e. The predicted octanol–water partition coefficient (Wildman–Crippen LogP) is 2.29. The van der Waals surface area contributed by atoms with E-state index < -0.39 is 0 Å². The van der Waals surface area contributed by atoms with Crippen molar-refractivity contribution in [2.75, 3.05) is 18.1 Å². The summed E-state index contributed by atoms with van der Waals surface area (Å²) < 4.78 is 19.8. The molecule has 2 N–H and O–H groups in total. The first-order valence-corrected chi connectivity index (χ1v) is 6.53. The molecule has 0 aromatic heterocycles. The van der Waals surface area contributed by atoms with Crippen LogP contribution >= 0.6 is 0 Å². The van der Waals surface area contributed by atoms with E-state index in [0.717, 1.165) is 12.0 Å². The molecule has 2 rings (SSSR count). The second-order valence-corrected chi connectivity index (χ2v) is 4.81. The number of nitrogens with two attached hydrogens (primary N) is 1. The number of morpholine rings is 1. The molecule has 100 valence electrons. The van der Waals surface area contributed by atoms with Crippen LogP contribution in [0.15, 0.2) is 18.2 Å². The zero-order valence-corrected chi connectivity index (χ0v) is 11.0. The highest BCUT2D eigenvalue weighted by Crippen LogP contribution is 2.29. The maximum Gasteiger partial charge on any atom is 0.146 e. The summed E-state index contributed by atoms with van der Waals surface area (Å²) in [6.45, 7) is 5.83. The Hall–Kier alpha value is -1.13. The van der Waals surface area contributed by atoms with Crippen molar-refractivity contribution in [2.45, 2.75) is 39.0 Å². The molecule has 4 heteroatoms. The summed E-state index contributed by atoms with van der Waals surface area (Å²) in [5.74, 6) is -0.189. The third-order valence-corrected chi connectivity index (χ3v) is 3.52. The van der Waals surface area contributed by atoms with Crippen LogP contribution in [0.3, 0.4) is 0 Å². The molecule has 18 heavy (non-hydrogen) atoms. The average Bonchev–Trinajstić information content (AvgIpc) is 2.38. The van der Waals surface area contributed by atoms with Gasteiger partial charge in [0.1, 0.15) is 5.82 Å². The molecule has 0 bridgehead atoms. The minimum absolute atomic E-state index is 0.123. The van der Waals surface area contributed by atoms with Crippen LogP contribution in [0.1, 0.15) is 25.8 Å². The zero-order chi connectivity index (χ0) is 13.1. The van der Waals surface area contributed by atoms with Crippen LogP contribution in [0.2, 0.25) is 0 Å². The Labute approximate surface area is 108 Å². The molecule has 0 aliphatic carbocycles. The number of hydrogen-bond donors (Lipinski definition) is 1. The summed E-state index contributed by atoms with van der Waals surface area (Å²) in [6.07, 6.45) is 1.06. The fourth-order valence-corrected chi connectivity index (χ4v) is 2.50. The van der Waals surface area contributed by atoms with Gasteiger partial charge in [0.25, 0.3) is 0 Å². The third-order valence-electron chi connectivity index (χ3n) is 3.52. The number of hydrogen-bond acceptors (Lipinski definition) is 3. The maximum atomic E-state index is 14.1. The first-order chi connectivity index (χ1) is 8.67. The normalized spacial score (nSPS) is 24.3. The Morgan fingerprint density at radius 1 is 1.50 bits per heavy atom. The van der Waals surface area contributed by atoms with Gasteiger partial charge in [0, 0.05) is 13.1 Å². The number of ether oxygens (including phenoxy) is 1. The zero-order valence-electron chi connectivity index (χ0n) is 11.0. The van der Waals surface area contributed by atoms with Crippen molar-refractivity contribution in [3.05, 3.63) is 29.6 Å². The minimum atomic E-state index is -0.189. The topological polar surface area (TPSA) is 38.5 Å². The van der Waals surface area contributed by atoms with Crippen LogP contribution in [0.4, 0.5) is 10.1 Å². The monoisotopic (exact) mass is 252 g/mol. The van der Waals surface area contributed by atoms with E-state index in [-0.39, 0.29) is 18.0 Å². The molecule has 1 aromatic rings. The molecule has 1 aliphatic rings. The molecule has 1 fully saturated rings. The van der Waals surface area contributed by atoms with Gasteiger partial charge in [-0.1, -0.05) is 19.1 Å². The molecule has 3 nitrogen and oxygen atoms in total. The highest BCUT2D eigenvalue weighted by Gasteiger charge is 2.28. The van der Waals surface area contributed by atoms with Crippen LogP contribution in [-0.4, -0.2) is 25.3 Å². The van der Waals surface area contributed by atoms with E-state index in [1.54, 1.807) is 6.07 Å². The Bertz CT molecular complexity index is 411. The van der Waals surface area contributed by atoms with E-state index in [4.69, 9.17) is 10.5 Å². The summed E-state index contributed by atoms with van der Waals surface area (Å²) in [4.78, 5) is 2.12. The Balaban J connectivity index is 2.38. The molecular weight excluding hydrogens is 231 g/mol. The van der Waals surface area contributed by atoms with E-state index in [1.807, 2.05) is 13.0 Å². The van der Waals surface area contributed by atoms with E-state index in [0.29, 0.717) is 25.4 Å². The van der Waals surface area contributed by atoms with E-state index in [1.165, 1.54) is 6.07 Å². The van der Waals surface area contributed by atoms with Crippen LogP contribution in [0.25, 0.3) is 0 Å². The lowest BCUT2D eigenvalue weighted by molar-refractivity contribution is 0.0296. The summed E-state index contributed by atoms with van der Waals surface area (Å²) in [5.41, 5.74) is 7.24. The molecule has 0 amide bonds. The SMILES string of the molecule is CCC1COC(C)CN1c1c(F)cccc1CN. The van der Waals surface area contributed by atoms with Crippen LogP contribution < -0.4 is 10.6 Å². The predicted molar refractivity (Wildman–Crippen MR) is 71.1 cm³/mol. The van der Waals surface area contributed by atoms with Crippen molar-refractivity contribution >= 4 is 5.69 Å². The molecule has 0 saturated carbocycles. The van der Waals surface area contributed by atoms with Crippen molar-refractivity contribution < 1.29 is 9.13 Å². The molecule has 1 saturated heterocycles. The summed E-state index contributed by atoms with van der Waals surface area (Å²) in [6, 6.07) is 5.33. The smallest absolute Gasteiger partial charge is 0.146 e. The van der Waals surface area contributed by atoms with Crippen LogP contribution in [0, 0.1) is 5.82 Å². The molecule has 2 unspecified atom stereocenters. The number of rotatable bonds is 3. The van der Waals surface area contributed by atoms with Crippen LogP contribution in [-0.2, 0) is 11.3 Å². The third kappa shape index (κ3) is 2.49. The number of anilines is 1. The van der Waals surface area contributed by atoms with Gasteiger partial charge in [-0.05, 0) is 25.0 Å². The van der Waals surface area contributed by atoms with Gasteiger partial charge in [0.2, 0.25) is 0 Å². The molecule has 0 radical (unpaired) electrons. The van der Waals surface area contributed by atoms with E-state index >= 15 is 0 Å². The largest absolute Gasteiger partial charge is 0.375 e. The molecule has 1 heterocycles. The number of benzene rings is 1. The van der Waals surface area contributed by atoms with Crippen molar-refractivity contribution in [1.82, 2.24) is 0 Å². The fraction of sp³-hybridized carbons (Fsp3) is 0.571. The molecule has 0 spiro atoms. The van der Waals surface area contributed by atoms with Crippen LogP contribution in [0.5, 0.6) is 0 Å². The Morgan fingerprint density at radius 2 is 2.28 bits per heavy atom. The summed E-state index contributed by atoms with van der Waals surface area (Å²) >= 11 is 0. The lowest BCUT2D eigenvalue weighted by Crippen LogP contribution is -2.49. The lowest BCUT2D eigenvalue weighted by atomic mass is 10.1. The van der Waals surface area contributed by atoms with E-state index in [9.17, 15) is 4.39 Å². The van der Waals surface area contributed by atoms with Crippen molar-refractivity contribution in [1.29, 1.82) is 0 Å². The first-order valence-electron chi connectivity index (χ1n) is 6.53. The van der Waals surface area contributed by atoms with Crippen molar-refractivity contribution in [3.8, 4) is 0 Å². The van der Waals surface area contributed by atoms with Gasteiger partial charge >= 0.3 is 0 Å². The maximum absolute atomic E-state index is 14.1. The molecule has 2 atom stereocenters. The van der Waals surface area contributed by atoms with Gasteiger partial charge in [-0.2, -0.15) is 0 Å². The Kier molecular flexibility index (Phi) is 4.19. The van der Waals surface area contributed by atoms with Gasteiger partial charge in [0.05, 0.1) is 24.4 Å². The summed E-state index contributed by atoms with van der Waals surface area (Å²) in [7, 11) is 0. The average molecular weight is 252 g/mol. The fourth-order valence-electron chi connectivity index (χ4n) is 2.50. The second-order valence-electron chi connectivity index (χ2n) is 4.81. The van der Waals surface area contributed by atoms with Gasteiger partial charge in [0.15, 0.2) is 0 Å². The number of halogens is 1. The number of para-hydroxylation sites is 1. The Morgan fingerprint density at radius 3 is 2.94 bits per heavy atom. The van der Waals surface area contributed by atoms with Crippen molar-refractivity contribution in [2.24, 2.45) is 5.73 Å². The highest BCUT2D eigenvalue weighted by atomic mass is 19.1. The highest BCUT2D eigenvalue weighted by molar-refractivity contribution is 5.56.